The topological polar surface area (TPSA) is 87.2 Å². The molecule has 0 fully saturated rings. The molecule has 0 aliphatic rings. The highest BCUT2D eigenvalue weighted by molar-refractivity contribution is 5.79. The number of nitro benzene ring substituents is 1. The van der Waals surface area contributed by atoms with Gasteiger partial charge in [0.1, 0.15) is 12.0 Å². The van der Waals surface area contributed by atoms with E-state index in [-0.39, 0.29) is 23.7 Å². The van der Waals surface area contributed by atoms with Gasteiger partial charge in [-0.15, -0.1) is 0 Å². The number of nitrogens with zero attached hydrogens (tertiary/aromatic N) is 3. The fourth-order valence-corrected chi connectivity index (χ4v) is 1.56. The third-order valence-corrected chi connectivity index (χ3v) is 2.76. The SMILES string of the molecule is CC(CC#N)N(C)c1ccc(C=O)cc1[N+](=O)[O-]. The predicted molar refractivity (Wildman–Crippen MR) is 66.6 cm³/mol. The zero-order valence-corrected chi connectivity index (χ0v) is 10.2. The van der Waals surface area contributed by atoms with Crippen LogP contribution in [0.1, 0.15) is 23.7 Å². The molecule has 0 spiro atoms. The molecule has 1 unspecified atom stereocenters. The Morgan fingerprint density at radius 3 is 2.78 bits per heavy atom. The summed E-state index contributed by atoms with van der Waals surface area (Å²) in [6.45, 7) is 1.81. The molecule has 6 heteroatoms. The number of hydrogen-bond donors (Lipinski definition) is 0. The summed E-state index contributed by atoms with van der Waals surface area (Å²) in [6.07, 6.45) is 0.832. The quantitative estimate of drug-likeness (QED) is 0.452. The number of carbonyl (C=O) groups excluding carboxylic acids is 1. The van der Waals surface area contributed by atoms with Crippen LogP contribution >= 0.6 is 0 Å². The fraction of sp³-hybridized carbons (Fsp3) is 0.333. The van der Waals surface area contributed by atoms with E-state index in [0.717, 1.165) is 0 Å². The molecule has 0 saturated carbocycles. The van der Waals surface area contributed by atoms with E-state index in [0.29, 0.717) is 12.0 Å². The lowest BCUT2D eigenvalue weighted by Crippen LogP contribution is -2.28. The smallest absolute Gasteiger partial charge is 0.293 e. The maximum atomic E-state index is 11.0. The van der Waals surface area contributed by atoms with Crippen LogP contribution in [0.4, 0.5) is 11.4 Å². The molecule has 1 aromatic rings. The van der Waals surface area contributed by atoms with Crippen LogP contribution < -0.4 is 4.90 Å². The van der Waals surface area contributed by atoms with Crippen molar-refractivity contribution < 1.29 is 9.72 Å². The first kappa shape index (κ1) is 13.6. The number of aldehydes is 1. The van der Waals surface area contributed by atoms with Gasteiger partial charge in [-0.1, -0.05) is 0 Å². The highest BCUT2D eigenvalue weighted by Gasteiger charge is 2.20. The lowest BCUT2D eigenvalue weighted by molar-refractivity contribution is -0.384. The normalized spacial score (nSPS) is 11.4. The number of hydrogen-bond acceptors (Lipinski definition) is 5. The maximum absolute atomic E-state index is 11.0. The largest absolute Gasteiger partial charge is 0.365 e. The predicted octanol–water partition coefficient (Wildman–Crippen LogP) is 2.15. The second-order valence-electron chi connectivity index (χ2n) is 3.95. The van der Waals surface area contributed by atoms with Crippen molar-refractivity contribution in [2.45, 2.75) is 19.4 Å². The van der Waals surface area contributed by atoms with Gasteiger partial charge in [-0.2, -0.15) is 5.26 Å². The molecule has 0 aromatic heterocycles. The summed E-state index contributed by atoms with van der Waals surface area (Å²) in [7, 11) is 1.69. The highest BCUT2D eigenvalue weighted by Crippen LogP contribution is 2.29. The van der Waals surface area contributed by atoms with Crippen LogP contribution in [0.3, 0.4) is 0 Å². The lowest BCUT2D eigenvalue weighted by atomic mass is 10.1. The Hall–Kier alpha value is -2.42. The molecular formula is C12H13N3O3. The van der Waals surface area contributed by atoms with Crippen LogP contribution in [0.5, 0.6) is 0 Å². The van der Waals surface area contributed by atoms with Crippen LogP contribution in [-0.4, -0.2) is 24.3 Å². The molecule has 0 heterocycles. The molecule has 0 amide bonds. The van der Waals surface area contributed by atoms with Crippen LogP contribution in [-0.2, 0) is 0 Å². The molecule has 0 saturated heterocycles. The van der Waals surface area contributed by atoms with Gasteiger partial charge in [0.15, 0.2) is 0 Å². The molecule has 1 aromatic carbocycles. The van der Waals surface area contributed by atoms with Crippen molar-refractivity contribution >= 4 is 17.7 Å². The van der Waals surface area contributed by atoms with Crippen molar-refractivity contribution in [1.82, 2.24) is 0 Å². The van der Waals surface area contributed by atoms with Crippen molar-refractivity contribution in [3.63, 3.8) is 0 Å². The highest BCUT2D eigenvalue weighted by atomic mass is 16.6. The first-order valence-electron chi connectivity index (χ1n) is 5.34. The Bertz CT molecular complexity index is 508. The Labute approximate surface area is 105 Å². The van der Waals surface area contributed by atoms with Gasteiger partial charge in [0.05, 0.1) is 17.4 Å². The standard InChI is InChI=1S/C12H13N3O3/c1-9(5-6-13)14(2)11-4-3-10(8-16)7-12(11)15(17)18/h3-4,7-9H,5H2,1-2H3. The van der Waals surface area contributed by atoms with Gasteiger partial charge >= 0.3 is 0 Å². The molecule has 0 radical (unpaired) electrons. The molecule has 0 N–H and O–H groups in total. The number of anilines is 1. The molecule has 18 heavy (non-hydrogen) atoms. The Morgan fingerprint density at radius 1 is 1.61 bits per heavy atom. The molecule has 0 aliphatic carbocycles. The summed E-state index contributed by atoms with van der Waals surface area (Å²) in [5, 5.41) is 19.6. The van der Waals surface area contributed by atoms with Gasteiger partial charge in [-0.3, -0.25) is 14.9 Å². The average Bonchev–Trinajstić information content (AvgIpc) is 2.37. The van der Waals surface area contributed by atoms with E-state index >= 15 is 0 Å². The first-order valence-corrected chi connectivity index (χ1v) is 5.34. The lowest BCUT2D eigenvalue weighted by Gasteiger charge is -2.24. The summed E-state index contributed by atoms with van der Waals surface area (Å²) in [6, 6.07) is 6.16. The summed E-state index contributed by atoms with van der Waals surface area (Å²) in [5.41, 5.74) is 0.520. The van der Waals surface area contributed by atoms with Gasteiger partial charge in [0, 0.05) is 24.7 Å². The van der Waals surface area contributed by atoms with Crippen molar-refractivity contribution in [1.29, 1.82) is 5.26 Å². The average molecular weight is 247 g/mol. The minimum atomic E-state index is -0.530. The summed E-state index contributed by atoms with van der Waals surface area (Å²) < 4.78 is 0. The van der Waals surface area contributed by atoms with Crippen molar-refractivity contribution in [3.05, 3.63) is 33.9 Å². The van der Waals surface area contributed by atoms with Gasteiger partial charge in [0.2, 0.25) is 0 Å². The van der Waals surface area contributed by atoms with E-state index in [4.69, 9.17) is 5.26 Å². The molecule has 1 rings (SSSR count). The van der Waals surface area contributed by atoms with Gasteiger partial charge in [-0.25, -0.2) is 0 Å². The van der Waals surface area contributed by atoms with Crippen LogP contribution in [0.25, 0.3) is 0 Å². The molecule has 1 atom stereocenters. The summed E-state index contributed by atoms with van der Waals surface area (Å²) >= 11 is 0. The Kier molecular flexibility index (Phi) is 4.38. The van der Waals surface area contributed by atoms with Crippen molar-refractivity contribution in [3.8, 4) is 6.07 Å². The molecule has 6 nitrogen and oxygen atoms in total. The minimum Gasteiger partial charge on any atom is -0.365 e. The zero-order chi connectivity index (χ0) is 13.7. The van der Waals surface area contributed by atoms with E-state index in [1.54, 1.807) is 18.9 Å². The van der Waals surface area contributed by atoms with E-state index in [1.165, 1.54) is 18.2 Å². The van der Waals surface area contributed by atoms with E-state index in [1.807, 2.05) is 6.07 Å². The second-order valence-corrected chi connectivity index (χ2v) is 3.95. The number of rotatable bonds is 5. The summed E-state index contributed by atoms with van der Waals surface area (Å²) in [4.78, 5) is 22.7. The second kappa shape index (κ2) is 5.77. The molecule has 94 valence electrons. The van der Waals surface area contributed by atoms with Gasteiger partial charge < -0.3 is 4.90 Å². The third-order valence-electron chi connectivity index (χ3n) is 2.76. The Balaban J connectivity index is 3.19. The first-order chi connectivity index (χ1) is 8.51. The van der Waals surface area contributed by atoms with Crippen LogP contribution in [0, 0.1) is 21.4 Å². The third kappa shape index (κ3) is 2.83. The van der Waals surface area contributed by atoms with Gasteiger partial charge in [-0.05, 0) is 19.1 Å². The van der Waals surface area contributed by atoms with E-state index < -0.39 is 4.92 Å². The Morgan fingerprint density at radius 2 is 2.28 bits per heavy atom. The monoisotopic (exact) mass is 247 g/mol. The number of benzene rings is 1. The fourth-order valence-electron chi connectivity index (χ4n) is 1.56. The number of carbonyl (C=O) groups is 1. The van der Waals surface area contributed by atoms with Gasteiger partial charge in [0.25, 0.3) is 5.69 Å². The van der Waals surface area contributed by atoms with E-state index in [2.05, 4.69) is 0 Å². The van der Waals surface area contributed by atoms with Crippen LogP contribution in [0.15, 0.2) is 18.2 Å². The zero-order valence-electron chi connectivity index (χ0n) is 10.2. The maximum Gasteiger partial charge on any atom is 0.293 e. The summed E-state index contributed by atoms with van der Waals surface area (Å²) in [5.74, 6) is 0. The van der Waals surface area contributed by atoms with Crippen molar-refractivity contribution in [2.24, 2.45) is 0 Å². The molecule has 0 aliphatic heterocycles. The van der Waals surface area contributed by atoms with E-state index in [9.17, 15) is 14.9 Å². The molecule has 0 bridgehead atoms. The van der Waals surface area contributed by atoms with Crippen molar-refractivity contribution in [2.75, 3.05) is 11.9 Å². The minimum absolute atomic E-state index is 0.133. The number of nitriles is 1. The molecular weight excluding hydrogens is 234 g/mol. The van der Waals surface area contributed by atoms with Crippen LogP contribution in [0.2, 0.25) is 0 Å². The number of nitro groups is 1.